The fourth-order valence-corrected chi connectivity index (χ4v) is 3.92. The van der Waals surface area contributed by atoms with Crippen molar-refractivity contribution in [3.8, 4) is 11.5 Å². The van der Waals surface area contributed by atoms with Gasteiger partial charge in [-0.2, -0.15) is 0 Å². The Balaban J connectivity index is 1.33. The van der Waals surface area contributed by atoms with Crippen LogP contribution >= 0.6 is 0 Å². The standard InChI is InChI=1S/C25H33N3O5/c1-25(2,3)28(16-20-13-22-23(14-26-20)32-12-11-31-22)24(29)33-18-21-17-27(9-10-30-21)15-19-7-5-4-6-8-19/h4-8,13-14,21H,9-12,15-18H2,1-3H3. The summed E-state index contributed by atoms with van der Waals surface area (Å²) in [5.74, 6) is 1.28. The van der Waals surface area contributed by atoms with Crippen molar-refractivity contribution >= 4 is 6.09 Å². The van der Waals surface area contributed by atoms with Gasteiger partial charge in [0.2, 0.25) is 0 Å². The van der Waals surface area contributed by atoms with Crippen LogP contribution in [0.2, 0.25) is 0 Å². The van der Waals surface area contributed by atoms with E-state index in [4.69, 9.17) is 18.9 Å². The molecule has 1 aromatic carbocycles. The van der Waals surface area contributed by atoms with E-state index in [-0.39, 0.29) is 18.8 Å². The smallest absolute Gasteiger partial charge is 0.410 e. The van der Waals surface area contributed by atoms with Crippen molar-refractivity contribution in [1.82, 2.24) is 14.8 Å². The summed E-state index contributed by atoms with van der Waals surface area (Å²) in [6.07, 6.45) is 1.11. The molecule has 2 aliphatic heterocycles. The lowest BCUT2D eigenvalue weighted by Crippen LogP contribution is -2.48. The van der Waals surface area contributed by atoms with E-state index in [0.29, 0.717) is 43.6 Å². The molecule has 8 heteroatoms. The van der Waals surface area contributed by atoms with E-state index in [1.54, 1.807) is 11.1 Å². The van der Waals surface area contributed by atoms with Crippen molar-refractivity contribution in [1.29, 1.82) is 0 Å². The maximum Gasteiger partial charge on any atom is 0.410 e. The highest BCUT2D eigenvalue weighted by atomic mass is 16.6. The highest BCUT2D eigenvalue weighted by Crippen LogP contribution is 2.30. The Bertz CT molecular complexity index is 931. The second kappa shape index (κ2) is 10.4. The maximum absolute atomic E-state index is 13.0. The average Bonchev–Trinajstić information content (AvgIpc) is 2.81. The zero-order valence-electron chi connectivity index (χ0n) is 19.7. The lowest BCUT2D eigenvalue weighted by atomic mass is 10.1. The Morgan fingerprint density at radius 2 is 1.91 bits per heavy atom. The van der Waals surface area contributed by atoms with Gasteiger partial charge in [0.05, 0.1) is 25.0 Å². The van der Waals surface area contributed by atoms with E-state index in [1.807, 2.05) is 45.0 Å². The third-order valence-electron chi connectivity index (χ3n) is 5.70. The predicted octanol–water partition coefficient (Wildman–Crippen LogP) is 3.49. The van der Waals surface area contributed by atoms with Crippen LogP contribution in [0.25, 0.3) is 0 Å². The topological polar surface area (TPSA) is 73.4 Å². The molecule has 1 aromatic heterocycles. The number of fused-ring (bicyclic) bond motifs is 1. The Morgan fingerprint density at radius 1 is 1.15 bits per heavy atom. The summed E-state index contributed by atoms with van der Waals surface area (Å²) >= 11 is 0. The fourth-order valence-electron chi connectivity index (χ4n) is 3.92. The van der Waals surface area contributed by atoms with E-state index in [1.165, 1.54) is 5.56 Å². The number of ether oxygens (including phenoxy) is 4. The van der Waals surface area contributed by atoms with Gasteiger partial charge in [-0.1, -0.05) is 30.3 Å². The van der Waals surface area contributed by atoms with E-state index < -0.39 is 5.54 Å². The number of morpholine rings is 1. The normalized spacial score (nSPS) is 18.6. The Labute approximate surface area is 195 Å². The quantitative estimate of drug-likeness (QED) is 0.660. The summed E-state index contributed by atoms with van der Waals surface area (Å²) in [5, 5.41) is 0. The predicted molar refractivity (Wildman–Crippen MR) is 123 cm³/mol. The zero-order valence-corrected chi connectivity index (χ0v) is 19.7. The number of pyridine rings is 1. The molecule has 2 aliphatic rings. The molecule has 2 aromatic rings. The first-order chi connectivity index (χ1) is 15.9. The first-order valence-corrected chi connectivity index (χ1v) is 11.5. The van der Waals surface area contributed by atoms with E-state index in [9.17, 15) is 4.79 Å². The number of carbonyl (C=O) groups is 1. The van der Waals surface area contributed by atoms with Crippen LogP contribution in [0.15, 0.2) is 42.6 Å². The van der Waals surface area contributed by atoms with Crippen molar-refractivity contribution in [2.75, 3.05) is 39.5 Å². The summed E-state index contributed by atoms with van der Waals surface area (Å²) < 4.78 is 22.8. The molecule has 0 saturated carbocycles. The van der Waals surface area contributed by atoms with Crippen molar-refractivity contribution in [3.05, 3.63) is 53.9 Å². The molecule has 1 amide bonds. The molecule has 0 bridgehead atoms. The fraction of sp³-hybridized carbons (Fsp3) is 0.520. The van der Waals surface area contributed by atoms with Gasteiger partial charge < -0.3 is 18.9 Å². The molecule has 178 valence electrons. The van der Waals surface area contributed by atoms with Gasteiger partial charge in [-0.3, -0.25) is 14.8 Å². The summed E-state index contributed by atoms with van der Waals surface area (Å²) in [7, 11) is 0. The number of nitrogens with zero attached hydrogens (tertiary/aromatic N) is 3. The van der Waals surface area contributed by atoms with E-state index in [2.05, 4.69) is 22.0 Å². The second-order valence-corrected chi connectivity index (χ2v) is 9.37. The molecule has 33 heavy (non-hydrogen) atoms. The molecule has 0 N–H and O–H groups in total. The molecule has 3 heterocycles. The molecule has 1 saturated heterocycles. The van der Waals surface area contributed by atoms with Crippen LogP contribution in [-0.4, -0.2) is 72.0 Å². The van der Waals surface area contributed by atoms with Crippen LogP contribution in [0, 0.1) is 0 Å². The van der Waals surface area contributed by atoms with Gasteiger partial charge in [-0.05, 0) is 26.3 Å². The Hall–Kier alpha value is -2.84. The first-order valence-electron chi connectivity index (χ1n) is 11.5. The largest absolute Gasteiger partial charge is 0.486 e. The van der Waals surface area contributed by atoms with Crippen LogP contribution in [0.1, 0.15) is 32.0 Å². The summed E-state index contributed by atoms with van der Waals surface area (Å²) in [6, 6.07) is 12.2. The van der Waals surface area contributed by atoms with Gasteiger partial charge in [-0.25, -0.2) is 4.79 Å². The van der Waals surface area contributed by atoms with Crippen LogP contribution in [-0.2, 0) is 22.6 Å². The van der Waals surface area contributed by atoms with Gasteiger partial charge in [-0.15, -0.1) is 0 Å². The van der Waals surface area contributed by atoms with Gasteiger partial charge in [0.15, 0.2) is 11.5 Å². The highest BCUT2D eigenvalue weighted by molar-refractivity contribution is 5.68. The van der Waals surface area contributed by atoms with Crippen molar-refractivity contribution < 1.29 is 23.7 Å². The minimum atomic E-state index is -0.446. The number of amides is 1. The highest BCUT2D eigenvalue weighted by Gasteiger charge is 2.30. The monoisotopic (exact) mass is 455 g/mol. The summed E-state index contributed by atoms with van der Waals surface area (Å²) in [6.45, 7) is 10.5. The minimum absolute atomic E-state index is 0.152. The molecule has 0 spiro atoms. The van der Waals surface area contributed by atoms with Crippen molar-refractivity contribution in [2.24, 2.45) is 0 Å². The summed E-state index contributed by atoms with van der Waals surface area (Å²) in [5.41, 5.74) is 1.54. The SMILES string of the molecule is CC(C)(C)N(Cc1cc2c(cn1)OCCO2)C(=O)OCC1CN(Cc2ccccc2)CCO1. The minimum Gasteiger partial charge on any atom is -0.486 e. The number of carbonyl (C=O) groups excluding carboxylic acids is 1. The molecule has 1 unspecified atom stereocenters. The van der Waals surface area contributed by atoms with Gasteiger partial charge in [0, 0.05) is 31.2 Å². The molecule has 8 nitrogen and oxygen atoms in total. The average molecular weight is 456 g/mol. The molecule has 1 atom stereocenters. The van der Waals surface area contributed by atoms with Crippen LogP contribution in [0.5, 0.6) is 11.5 Å². The van der Waals surface area contributed by atoms with Crippen molar-refractivity contribution in [3.63, 3.8) is 0 Å². The van der Waals surface area contributed by atoms with Crippen molar-refractivity contribution in [2.45, 2.75) is 45.5 Å². The maximum atomic E-state index is 13.0. The third-order valence-corrected chi connectivity index (χ3v) is 5.70. The lowest BCUT2D eigenvalue weighted by molar-refractivity contribution is -0.0636. The number of hydrogen-bond acceptors (Lipinski definition) is 7. The van der Waals surface area contributed by atoms with Gasteiger partial charge >= 0.3 is 6.09 Å². The van der Waals surface area contributed by atoms with Crippen LogP contribution in [0.4, 0.5) is 4.79 Å². The lowest BCUT2D eigenvalue weighted by Gasteiger charge is -2.36. The molecule has 0 radical (unpaired) electrons. The Kier molecular flexibility index (Phi) is 7.35. The third kappa shape index (κ3) is 6.36. The molecular formula is C25H33N3O5. The van der Waals surface area contributed by atoms with Crippen LogP contribution in [0.3, 0.4) is 0 Å². The molecule has 0 aliphatic carbocycles. The van der Waals surface area contributed by atoms with E-state index >= 15 is 0 Å². The number of benzene rings is 1. The second-order valence-electron chi connectivity index (χ2n) is 9.37. The zero-order chi connectivity index (χ0) is 23.3. The number of aromatic nitrogens is 1. The molecular weight excluding hydrogens is 422 g/mol. The van der Waals surface area contributed by atoms with E-state index in [0.717, 1.165) is 19.6 Å². The summed E-state index contributed by atoms with van der Waals surface area (Å²) in [4.78, 5) is 21.5. The first kappa shape index (κ1) is 23.3. The Morgan fingerprint density at radius 3 is 2.67 bits per heavy atom. The van der Waals surface area contributed by atoms with Crippen LogP contribution < -0.4 is 9.47 Å². The van der Waals surface area contributed by atoms with Gasteiger partial charge in [0.1, 0.15) is 25.9 Å². The number of rotatable bonds is 6. The molecule has 4 rings (SSSR count). The number of hydrogen-bond donors (Lipinski definition) is 0. The molecule has 1 fully saturated rings. The van der Waals surface area contributed by atoms with Gasteiger partial charge in [0.25, 0.3) is 0 Å².